The molecule has 0 heterocycles. The van der Waals surface area contributed by atoms with E-state index in [9.17, 15) is 26.4 Å². The predicted molar refractivity (Wildman–Crippen MR) is 144 cm³/mol. The Bertz CT molecular complexity index is 1690. The smallest absolute Gasteiger partial charge is 0.271 e. The lowest BCUT2D eigenvalue weighted by Gasteiger charge is -2.24. The molecule has 1 amide bonds. The number of aryl methyl sites for hydroxylation is 3. The van der Waals surface area contributed by atoms with Crippen LogP contribution in [0.3, 0.4) is 0 Å². The Morgan fingerprint density at radius 3 is 2.38 bits per heavy atom. The number of anilines is 1. The van der Waals surface area contributed by atoms with E-state index >= 15 is 0 Å². The van der Waals surface area contributed by atoms with E-state index in [0.717, 1.165) is 41.5 Å². The van der Waals surface area contributed by atoms with Gasteiger partial charge in [-0.15, -0.1) is 0 Å². The molecule has 0 bridgehead atoms. The van der Waals surface area contributed by atoms with Gasteiger partial charge in [-0.1, -0.05) is 54.1 Å². The number of hydrogen-bond acceptors (Lipinski definition) is 4. The summed E-state index contributed by atoms with van der Waals surface area (Å²) in [6.45, 7) is 0.993. The van der Waals surface area contributed by atoms with Crippen LogP contribution in [-0.4, -0.2) is 27.1 Å². The van der Waals surface area contributed by atoms with E-state index in [1.165, 1.54) is 40.9 Å². The van der Waals surface area contributed by atoms with Gasteiger partial charge >= 0.3 is 6.18 Å². The number of carbonyl (C=O) groups excluding carboxylic acids is 1. The van der Waals surface area contributed by atoms with Crippen LogP contribution >= 0.6 is 0 Å². The molecule has 0 radical (unpaired) electrons. The number of hydrazone groups is 1. The highest BCUT2D eigenvalue weighted by atomic mass is 32.2. The van der Waals surface area contributed by atoms with Crippen LogP contribution in [0.2, 0.25) is 0 Å². The first-order valence-corrected chi connectivity index (χ1v) is 13.6. The number of carbonyl (C=O) groups is 1. The number of nitrogens with zero attached hydrogens (tertiary/aromatic N) is 2. The van der Waals surface area contributed by atoms with Crippen molar-refractivity contribution in [2.75, 3.05) is 10.8 Å². The Hall–Kier alpha value is -4.18. The van der Waals surface area contributed by atoms with Crippen molar-refractivity contribution in [2.24, 2.45) is 5.10 Å². The van der Waals surface area contributed by atoms with Crippen LogP contribution in [0, 0.1) is 6.92 Å². The molecule has 4 aromatic carbocycles. The maximum absolute atomic E-state index is 13.5. The van der Waals surface area contributed by atoms with Gasteiger partial charge in [0.05, 0.1) is 22.4 Å². The Balaban J connectivity index is 1.42. The number of nitrogens with one attached hydrogen (secondary N) is 1. The van der Waals surface area contributed by atoms with Gasteiger partial charge in [-0.05, 0) is 72.0 Å². The van der Waals surface area contributed by atoms with Gasteiger partial charge in [-0.3, -0.25) is 9.10 Å². The minimum Gasteiger partial charge on any atom is -0.271 e. The standard InChI is InChI=1S/C29H24F3N3O3S/c1-19-8-14-25(15-9-19)39(37,38)35(24-6-3-5-23(16-24)29(30,31)32)18-27(36)34-33-17-22-13-12-21-11-10-20-4-2-7-26(22)28(20)21/h2-9,12-17H,10-11,18H2,1H3,(H,34,36)/b33-17-. The molecule has 0 spiro atoms. The molecule has 0 saturated carbocycles. The van der Waals surface area contributed by atoms with Crippen LogP contribution in [0.15, 0.2) is 88.9 Å². The second-order valence-electron chi connectivity index (χ2n) is 9.32. The molecule has 39 heavy (non-hydrogen) atoms. The van der Waals surface area contributed by atoms with Crippen molar-refractivity contribution < 1.29 is 26.4 Å². The molecular formula is C29H24F3N3O3S. The van der Waals surface area contributed by atoms with Gasteiger partial charge in [0.2, 0.25) is 0 Å². The third kappa shape index (κ3) is 5.37. The van der Waals surface area contributed by atoms with Gasteiger partial charge in [0.25, 0.3) is 15.9 Å². The Morgan fingerprint density at radius 2 is 1.67 bits per heavy atom. The zero-order chi connectivity index (χ0) is 27.8. The summed E-state index contributed by atoms with van der Waals surface area (Å²) in [5.41, 5.74) is 5.07. The van der Waals surface area contributed by atoms with Gasteiger partial charge in [-0.2, -0.15) is 18.3 Å². The molecule has 0 aliphatic heterocycles. The molecule has 4 aromatic rings. The second-order valence-corrected chi connectivity index (χ2v) is 11.2. The molecule has 10 heteroatoms. The average Bonchev–Trinajstić information content (AvgIpc) is 3.33. The fraction of sp³-hybridized carbons (Fsp3) is 0.172. The van der Waals surface area contributed by atoms with Gasteiger partial charge in [0.15, 0.2) is 0 Å². The van der Waals surface area contributed by atoms with Gasteiger partial charge in [0, 0.05) is 5.56 Å². The highest BCUT2D eigenvalue weighted by Crippen LogP contribution is 2.34. The average molecular weight is 552 g/mol. The molecule has 1 aliphatic carbocycles. The summed E-state index contributed by atoms with van der Waals surface area (Å²) in [6, 6.07) is 19.6. The third-order valence-corrected chi connectivity index (χ3v) is 8.45. The third-order valence-electron chi connectivity index (χ3n) is 6.66. The monoisotopic (exact) mass is 551 g/mol. The normalized spacial score (nSPS) is 13.2. The lowest BCUT2D eigenvalue weighted by atomic mass is 10.0. The molecule has 1 N–H and O–H groups in total. The van der Waals surface area contributed by atoms with Crippen molar-refractivity contribution in [1.82, 2.24) is 5.43 Å². The summed E-state index contributed by atoms with van der Waals surface area (Å²) in [7, 11) is -4.38. The number of alkyl halides is 3. The Morgan fingerprint density at radius 1 is 0.974 bits per heavy atom. The highest BCUT2D eigenvalue weighted by molar-refractivity contribution is 7.92. The number of rotatable bonds is 7. The summed E-state index contributed by atoms with van der Waals surface area (Å²) in [5.74, 6) is -0.815. The van der Waals surface area contributed by atoms with Gasteiger partial charge in [-0.25, -0.2) is 13.8 Å². The molecular weight excluding hydrogens is 527 g/mol. The van der Waals surface area contributed by atoms with Crippen molar-refractivity contribution >= 4 is 38.6 Å². The largest absolute Gasteiger partial charge is 0.416 e. The molecule has 0 fully saturated rings. The minimum absolute atomic E-state index is 0.158. The molecule has 0 saturated heterocycles. The highest BCUT2D eigenvalue weighted by Gasteiger charge is 2.33. The van der Waals surface area contributed by atoms with Gasteiger partial charge in [0.1, 0.15) is 6.54 Å². The molecule has 0 aromatic heterocycles. The van der Waals surface area contributed by atoms with Crippen LogP contribution in [0.1, 0.15) is 27.8 Å². The number of sulfonamides is 1. The van der Waals surface area contributed by atoms with E-state index in [0.29, 0.717) is 10.4 Å². The fourth-order valence-electron chi connectivity index (χ4n) is 4.71. The summed E-state index contributed by atoms with van der Waals surface area (Å²) in [4.78, 5) is 12.7. The predicted octanol–water partition coefficient (Wildman–Crippen LogP) is 5.61. The zero-order valence-corrected chi connectivity index (χ0v) is 21.7. The van der Waals surface area contributed by atoms with E-state index in [1.54, 1.807) is 19.1 Å². The maximum Gasteiger partial charge on any atom is 0.416 e. The number of halogens is 3. The molecule has 6 nitrogen and oxygen atoms in total. The van der Waals surface area contributed by atoms with E-state index in [-0.39, 0.29) is 10.6 Å². The molecule has 0 atom stereocenters. The number of hydrogen-bond donors (Lipinski definition) is 1. The number of amides is 1. The first-order valence-electron chi connectivity index (χ1n) is 12.2. The molecule has 1 aliphatic rings. The van der Waals surface area contributed by atoms with Crippen molar-refractivity contribution in [3.63, 3.8) is 0 Å². The van der Waals surface area contributed by atoms with E-state index in [1.807, 2.05) is 24.3 Å². The molecule has 0 unspecified atom stereocenters. The molecule has 5 rings (SSSR count). The van der Waals surface area contributed by atoms with Crippen LogP contribution in [0.4, 0.5) is 18.9 Å². The topological polar surface area (TPSA) is 78.8 Å². The summed E-state index contributed by atoms with van der Waals surface area (Å²) in [5, 5.41) is 6.18. The first kappa shape index (κ1) is 26.4. The van der Waals surface area contributed by atoms with Crippen molar-refractivity contribution in [1.29, 1.82) is 0 Å². The lowest BCUT2D eigenvalue weighted by molar-refractivity contribution is -0.137. The SMILES string of the molecule is Cc1ccc(S(=O)(=O)N(CC(=O)N/N=C\c2ccc3c4c(cccc24)CC3)c2cccc(C(F)(F)F)c2)cc1. The van der Waals surface area contributed by atoms with Crippen LogP contribution in [0.5, 0.6) is 0 Å². The van der Waals surface area contributed by atoms with E-state index in [4.69, 9.17) is 0 Å². The molecule has 200 valence electrons. The fourth-order valence-corrected chi connectivity index (χ4v) is 6.12. The Kier molecular flexibility index (Phi) is 6.90. The maximum atomic E-state index is 13.5. The van der Waals surface area contributed by atoms with E-state index < -0.39 is 34.2 Å². The minimum atomic E-state index is -4.69. The lowest BCUT2D eigenvalue weighted by Crippen LogP contribution is -2.39. The van der Waals surface area contributed by atoms with Crippen LogP contribution in [-0.2, 0) is 33.8 Å². The van der Waals surface area contributed by atoms with Crippen LogP contribution in [0.25, 0.3) is 10.8 Å². The summed E-state index contributed by atoms with van der Waals surface area (Å²) >= 11 is 0. The second kappa shape index (κ2) is 10.2. The Labute approximate surface area is 223 Å². The van der Waals surface area contributed by atoms with Crippen molar-refractivity contribution in [3.05, 3.63) is 107 Å². The summed E-state index contributed by atoms with van der Waals surface area (Å²) in [6.07, 6.45) is -1.29. The zero-order valence-electron chi connectivity index (χ0n) is 20.9. The van der Waals surface area contributed by atoms with Gasteiger partial charge < -0.3 is 0 Å². The van der Waals surface area contributed by atoms with Crippen molar-refractivity contribution in [2.45, 2.75) is 30.8 Å². The van der Waals surface area contributed by atoms with Crippen molar-refractivity contribution in [3.8, 4) is 0 Å². The quantitative estimate of drug-likeness (QED) is 0.240. The number of benzene rings is 4. The summed E-state index contributed by atoms with van der Waals surface area (Å²) < 4.78 is 67.8. The van der Waals surface area contributed by atoms with Crippen LogP contribution < -0.4 is 9.73 Å². The van der Waals surface area contributed by atoms with E-state index in [2.05, 4.69) is 16.6 Å². The first-order chi connectivity index (χ1) is 18.5.